The molecule has 0 aliphatic carbocycles. The normalized spacial score (nSPS) is 12.4. The van der Waals surface area contributed by atoms with E-state index >= 15 is 0 Å². The summed E-state index contributed by atoms with van der Waals surface area (Å²) in [4.78, 5) is 17.5. The van der Waals surface area contributed by atoms with Gasteiger partial charge in [0, 0.05) is 17.1 Å². The van der Waals surface area contributed by atoms with Crippen molar-refractivity contribution >= 4 is 27.6 Å². The molecule has 0 bridgehead atoms. The maximum atomic E-state index is 13.0. The minimum Gasteiger partial charge on any atom is -0.466 e. The number of aryl methyl sites for hydroxylation is 2. The number of carbonyl (C=O) groups is 1. The highest BCUT2D eigenvalue weighted by Crippen LogP contribution is 2.28. The maximum absolute atomic E-state index is 13.0. The lowest BCUT2D eigenvalue weighted by Crippen LogP contribution is -2.27. The summed E-state index contributed by atoms with van der Waals surface area (Å²) in [5, 5.41) is 6.20. The smallest absolute Gasteiger partial charge is 0.253 e. The lowest BCUT2D eigenvalue weighted by atomic mass is 10.00. The molecular formula is C22H20N2O2. The van der Waals surface area contributed by atoms with Crippen molar-refractivity contribution in [2.75, 3.05) is 0 Å². The van der Waals surface area contributed by atoms with E-state index in [1.54, 1.807) is 6.20 Å². The first-order valence-corrected chi connectivity index (χ1v) is 8.69. The first-order valence-electron chi connectivity index (χ1n) is 8.69. The molecule has 1 N–H and O–H groups in total. The molecule has 4 rings (SSSR count). The molecule has 0 spiro atoms. The van der Waals surface area contributed by atoms with Crippen LogP contribution in [-0.2, 0) is 0 Å². The van der Waals surface area contributed by atoms with Gasteiger partial charge in [-0.3, -0.25) is 9.78 Å². The van der Waals surface area contributed by atoms with Crippen LogP contribution in [0.25, 0.3) is 21.7 Å². The summed E-state index contributed by atoms with van der Waals surface area (Å²) in [7, 11) is 0. The Morgan fingerprint density at radius 1 is 1.08 bits per heavy atom. The summed E-state index contributed by atoms with van der Waals surface area (Å²) >= 11 is 0. The standard InChI is InChI=1S/C22H20N2O2/c1-13-11-19(15(3)26-13)14(2)24-22(25)20-12-16-7-4-5-8-17(16)18-9-6-10-23-21(18)20/h4-12,14H,1-3H3,(H,24,25)/t14-/m0/s1. The van der Waals surface area contributed by atoms with Crippen molar-refractivity contribution < 1.29 is 9.21 Å². The SMILES string of the molecule is Cc1cc([C@H](C)NC(=O)c2cc3ccccc3c3cccnc23)c(C)o1. The molecule has 2 heterocycles. The van der Waals surface area contributed by atoms with Gasteiger partial charge < -0.3 is 9.73 Å². The van der Waals surface area contributed by atoms with Crippen LogP contribution in [0.4, 0.5) is 0 Å². The molecule has 0 saturated carbocycles. The zero-order valence-corrected chi connectivity index (χ0v) is 15.0. The van der Waals surface area contributed by atoms with Crippen molar-refractivity contribution in [1.82, 2.24) is 10.3 Å². The number of aromatic nitrogens is 1. The second kappa shape index (κ2) is 6.30. The van der Waals surface area contributed by atoms with E-state index in [0.29, 0.717) is 5.56 Å². The first kappa shape index (κ1) is 16.3. The maximum Gasteiger partial charge on any atom is 0.253 e. The van der Waals surface area contributed by atoms with Gasteiger partial charge in [-0.15, -0.1) is 0 Å². The zero-order valence-electron chi connectivity index (χ0n) is 15.0. The molecular weight excluding hydrogens is 324 g/mol. The van der Waals surface area contributed by atoms with Gasteiger partial charge >= 0.3 is 0 Å². The fourth-order valence-electron chi connectivity index (χ4n) is 3.53. The van der Waals surface area contributed by atoms with Crippen molar-refractivity contribution in [1.29, 1.82) is 0 Å². The van der Waals surface area contributed by atoms with Crippen LogP contribution in [0.5, 0.6) is 0 Å². The number of benzene rings is 2. The van der Waals surface area contributed by atoms with E-state index in [-0.39, 0.29) is 11.9 Å². The Balaban J connectivity index is 1.77. The van der Waals surface area contributed by atoms with E-state index in [9.17, 15) is 4.79 Å². The summed E-state index contributed by atoms with van der Waals surface area (Å²) in [6, 6.07) is 15.7. The van der Waals surface area contributed by atoms with Crippen LogP contribution in [-0.4, -0.2) is 10.9 Å². The summed E-state index contributed by atoms with van der Waals surface area (Å²) in [6.45, 7) is 5.79. The Labute approximate surface area is 151 Å². The van der Waals surface area contributed by atoms with Crippen LogP contribution in [0.15, 0.2) is 59.1 Å². The fraction of sp³-hybridized carbons (Fsp3) is 0.182. The number of rotatable bonds is 3. The lowest BCUT2D eigenvalue weighted by Gasteiger charge is -2.15. The summed E-state index contributed by atoms with van der Waals surface area (Å²) < 4.78 is 5.59. The number of fused-ring (bicyclic) bond motifs is 3. The van der Waals surface area contributed by atoms with Crippen LogP contribution in [0, 0.1) is 13.8 Å². The van der Waals surface area contributed by atoms with Crippen LogP contribution >= 0.6 is 0 Å². The van der Waals surface area contributed by atoms with Gasteiger partial charge in [0.25, 0.3) is 5.91 Å². The van der Waals surface area contributed by atoms with Crippen LogP contribution in [0.1, 0.15) is 40.4 Å². The third-order valence-corrected chi connectivity index (χ3v) is 4.75. The van der Waals surface area contributed by atoms with E-state index in [2.05, 4.69) is 16.4 Å². The third kappa shape index (κ3) is 2.73. The molecule has 4 aromatic rings. The Hall–Kier alpha value is -3.14. The van der Waals surface area contributed by atoms with Crippen molar-refractivity contribution in [2.24, 2.45) is 0 Å². The van der Waals surface area contributed by atoms with E-state index in [4.69, 9.17) is 4.42 Å². The number of amides is 1. The molecule has 130 valence electrons. The van der Waals surface area contributed by atoms with Crippen LogP contribution in [0.3, 0.4) is 0 Å². The second-order valence-electron chi connectivity index (χ2n) is 6.61. The Kier molecular flexibility index (Phi) is 3.96. The minimum absolute atomic E-state index is 0.134. The molecule has 0 radical (unpaired) electrons. The highest BCUT2D eigenvalue weighted by Gasteiger charge is 2.19. The molecule has 4 nitrogen and oxygen atoms in total. The lowest BCUT2D eigenvalue weighted by molar-refractivity contribution is 0.0941. The third-order valence-electron chi connectivity index (χ3n) is 4.75. The number of hydrogen-bond donors (Lipinski definition) is 1. The molecule has 1 atom stereocenters. The topological polar surface area (TPSA) is 55.1 Å². The van der Waals surface area contributed by atoms with Crippen molar-refractivity contribution in [3.8, 4) is 0 Å². The number of hydrogen-bond acceptors (Lipinski definition) is 3. The van der Waals surface area contributed by atoms with E-state index < -0.39 is 0 Å². The molecule has 1 amide bonds. The zero-order chi connectivity index (χ0) is 18.3. The average Bonchev–Trinajstić information content (AvgIpc) is 2.99. The predicted molar refractivity (Wildman–Crippen MR) is 103 cm³/mol. The first-order chi connectivity index (χ1) is 12.5. The van der Waals surface area contributed by atoms with Crippen molar-refractivity contribution in [2.45, 2.75) is 26.8 Å². The molecule has 0 aliphatic rings. The minimum atomic E-state index is -0.148. The Morgan fingerprint density at radius 3 is 2.62 bits per heavy atom. The van der Waals surface area contributed by atoms with Crippen molar-refractivity contribution in [3.05, 3.63) is 77.4 Å². The van der Waals surface area contributed by atoms with Gasteiger partial charge in [0.15, 0.2) is 0 Å². The Morgan fingerprint density at radius 2 is 1.85 bits per heavy atom. The molecule has 0 unspecified atom stereocenters. The van der Waals surface area contributed by atoms with E-state index in [1.165, 1.54) is 0 Å². The molecule has 0 fully saturated rings. The fourth-order valence-corrected chi connectivity index (χ4v) is 3.53. The summed E-state index contributed by atoms with van der Waals surface area (Å²) in [5.74, 6) is 1.54. The summed E-state index contributed by atoms with van der Waals surface area (Å²) in [5.41, 5.74) is 2.30. The highest BCUT2D eigenvalue weighted by atomic mass is 16.3. The number of nitrogens with zero attached hydrogens (tertiary/aromatic N) is 1. The van der Waals surface area contributed by atoms with Crippen molar-refractivity contribution in [3.63, 3.8) is 0 Å². The Bertz CT molecular complexity index is 1130. The van der Waals surface area contributed by atoms with Gasteiger partial charge in [0.2, 0.25) is 0 Å². The second-order valence-corrected chi connectivity index (χ2v) is 6.61. The quantitative estimate of drug-likeness (QED) is 0.527. The molecule has 26 heavy (non-hydrogen) atoms. The van der Waals surface area contributed by atoms with Gasteiger partial charge in [0.1, 0.15) is 11.5 Å². The highest BCUT2D eigenvalue weighted by molar-refractivity contribution is 6.15. The number of carbonyl (C=O) groups excluding carboxylic acids is 1. The molecule has 0 aliphatic heterocycles. The number of furan rings is 1. The van der Waals surface area contributed by atoms with Gasteiger partial charge in [0.05, 0.1) is 17.1 Å². The molecule has 2 aromatic carbocycles. The van der Waals surface area contributed by atoms with E-state index in [0.717, 1.165) is 38.8 Å². The van der Waals surface area contributed by atoms with Gasteiger partial charge in [-0.25, -0.2) is 0 Å². The largest absolute Gasteiger partial charge is 0.466 e. The monoisotopic (exact) mass is 344 g/mol. The number of nitrogens with one attached hydrogen (secondary N) is 1. The van der Waals surface area contributed by atoms with E-state index in [1.807, 2.05) is 63.2 Å². The van der Waals surface area contributed by atoms with Gasteiger partial charge in [-0.2, -0.15) is 0 Å². The molecule has 4 heteroatoms. The predicted octanol–water partition coefficient (Wildman–Crippen LogP) is 5.09. The number of pyridine rings is 1. The van der Waals surface area contributed by atoms with Crippen LogP contribution < -0.4 is 5.32 Å². The molecule has 0 saturated heterocycles. The van der Waals surface area contributed by atoms with Gasteiger partial charge in [-0.05, 0) is 49.7 Å². The summed E-state index contributed by atoms with van der Waals surface area (Å²) in [6.07, 6.45) is 1.72. The molecule has 2 aromatic heterocycles. The van der Waals surface area contributed by atoms with Crippen LogP contribution in [0.2, 0.25) is 0 Å². The average molecular weight is 344 g/mol. The van der Waals surface area contributed by atoms with Gasteiger partial charge in [-0.1, -0.05) is 30.3 Å².